The number of rotatable bonds is 4. The fraction of sp³-hybridized carbons (Fsp3) is 0.500. The van der Waals surface area contributed by atoms with E-state index in [9.17, 15) is 4.79 Å². The van der Waals surface area contributed by atoms with Crippen LogP contribution in [0.2, 0.25) is 0 Å². The molecule has 0 spiro atoms. The normalized spacial score (nSPS) is 18.5. The minimum atomic E-state index is -1.73. The van der Waals surface area contributed by atoms with Crippen molar-refractivity contribution in [1.29, 1.82) is 0 Å². The fourth-order valence-corrected chi connectivity index (χ4v) is 0.464. The predicted molar refractivity (Wildman–Crippen MR) is 35.9 cm³/mol. The van der Waals surface area contributed by atoms with Crippen LogP contribution in [0.4, 0.5) is 0 Å². The maximum absolute atomic E-state index is 9.84. The lowest BCUT2D eigenvalue weighted by atomic mass is 10.1. The maximum Gasteiger partial charge on any atom is 0.151 e. The van der Waals surface area contributed by atoms with Gasteiger partial charge < -0.3 is 25.2 Å². The molecule has 0 aliphatic heterocycles. The molecule has 0 bridgehead atoms. The zero-order valence-corrected chi connectivity index (χ0v) is 5.71. The molecule has 11 heavy (non-hydrogen) atoms. The molecule has 0 rings (SSSR count). The van der Waals surface area contributed by atoms with Crippen LogP contribution in [-0.4, -0.2) is 45.0 Å². The molecule has 0 aliphatic rings. The van der Waals surface area contributed by atoms with Crippen molar-refractivity contribution in [2.45, 2.75) is 18.3 Å². The van der Waals surface area contributed by atoms with Crippen molar-refractivity contribution >= 4 is 6.29 Å². The topological polar surface area (TPSA) is 98.0 Å². The second-order valence-electron chi connectivity index (χ2n) is 2.05. The lowest BCUT2D eigenvalue weighted by Gasteiger charge is -2.17. The van der Waals surface area contributed by atoms with Crippen LogP contribution in [0.25, 0.3) is 0 Å². The molecule has 4 N–H and O–H groups in total. The van der Waals surface area contributed by atoms with Crippen molar-refractivity contribution < 1.29 is 25.2 Å². The van der Waals surface area contributed by atoms with Gasteiger partial charge in [-0.05, 0) is 0 Å². The van der Waals surface area contributed by atoms with Crippen LogP contribution < -0.4 is 0 Å². The van der Waals surface area contributed by atoms with Gasteiger partial charge in [0.25, 0.3) is 0 Å². The summed E-state index contributed by atoms with van der Waals surface area (Å²) >= 11 is 0. The number of aldehydes is 1. The van der Waals surface area contributed by atoms with E-state index in [1.165, 1.54) is 0 Å². The molecule has 0 radical (unpaired) electrons. The number of hydrogen-bond acceptors (Lipinski definition) is 5. The summed E-state index contributed by atoms with van der Waals surface area (Å²) in [5, 5.41) is 34.7. The summed E-state index contributed by atoms with van der Waals surface area (Å²) in [5.41, 5.74) is 0. The third-order valence-corrected chi connectivity index (χ3v) is 1.15. The minimum Gasteiger partial charge on any atom is -0.510 e. The Morgan fingerprint density at radius 2 is 1.82 bits per heavy atom. The monoisotopic (exact) mass is 162 g/mol. The maximum atomic E-state index is 9.84. The Kier molecular flexibility index (Phi) is 3.73. The van der Waals surface area contributed by atoms with E-state index in [4.69, 9.17) is 20.4 Å². The summed E-state index contributed by atoms with van der Waals surface area (Å²) in [5.74, 6) is -0.696. The summed E-state index contributed by atoms with van der Waals surface area (Å²) < 4.78 is 0. The molecule has 0 aromatic heterocycles. The molecule has 0 saturated heterocycles. The lowest BCUT2D eigenvalue weighted by Crippen LogP contribution is -2.39. The predicted octanol–water partition coefficient (Wildman–Crippen LogP) is -1.66. The van der Waals surface area contributed by atoms with Crippen LogP contribution >= 0.6 is 0 Å². The lowest BCUT2D eigenvalue weighted by molar-refractivity contribution is -0.125. The molecule has 0 fully saturated rings. The van der Waals surface area contributed by atoms with Gasteiger partial charge in [-0.1, -0.05) is 6.58 Å². The van der Waals surface area contributed by atoms with Crippen molar-refractivity contribution in [2.75, 3.05) is 0 Å². The van der Waals surface area contributed by atoms with Gasteiger partial charge in [-0.25, -0.2) is 0 Å². The van der Waals surface area contributed by atoms with Crippen molar-refractivity contribution in [1.82, 2.24) is 0 Å². The van der Waals surface area contributed by atoms with E-state index in [2.05, 4.69) is 6.58 Å². The SMILES string of the molecule is C=C(O)[C@@H](O)[C@@H](O)[C@@H](O)C=O. The molecule has 0 aromatic rings. The van der Waals surface area contributed by atoms with Gasteiger partial charge in [0.2, 0.25) is 0 Å². The van der Waals surface area contributed by atoms with Crippen molar-refractivity contribution in [3.05, 3.63) is 12.3 Å². The zero-order valence-electron chi connectivity index (χ0n) is 5.71. The molecule has 0 amide bonds. The molecule has 0 aliphatic carbocycles. The average Bonchev–Trinajstić information content (AvgIpc) is 2.00. The molecule has 0 aromatic carbocycles. The van der Waals surface area contributed by atoms with Crippen LogP contribution in [-0.2, 0) is 4.79 Å². The Balaban J connectivity index is 4.11. The van der Waals surface area contributed by atoms with Gasteiger partial charge in [-0.3, -0.25) is 0 Å². The zero-order chi connectivity index (χ0) is 9.02. The fourth-order valence-electron chi connectivity index (χ4n) is 0.464. The van der Waals surface area contributed by atoms with E-state index in [0.29, 0.717) is 0 Å². The summed E-state index contributed by atoms with van der Waals surface area (Å²) in [6.45, 7) is 2.91. The first kappa shape index (κ1) is 10.1. The Morgan fingerprint density at radius 1 is 1.36 bits per heavy atom. The van der Waals surface area contributed by atoms with E-state index >= 15 is 0 Å². The number of aliphatic hydroxyl groups excluding tert-OH is 4. The van der Waals surface area contributed by atoms with E-state index < -0.39 is 24.1 Å². The first-order chi connectivity index (χ1) is 5.00. The van der Waals surface area contributed by atoms with E-state index in [1.807, 2.05) is 0 Å². The smallest absolute Gasteiger partial charge is 0.151 e. The standard InChI is InChI=1S/C6H10O5/c1-3(8)5(10)6(11)4(9)2-7/h2,4-6,8-11H,1H2/t4-,5+,6-/m0/s1. The first-order valence-electron chi connectivity index (χ1n) is 2.88. The molecule has 5 nitrogen and oxygen atoms in total. The van der Waals surface area contributed by atoms with E-state index in [1.54, 1.807) is 0 Å². The Hall–Kier alpha value is -0.910. The molecule has 5 heteroatoms. The highest BCUT2D eigenvalue weighted by Gasteiger charge is 2.25. The molecule has 64 valence electrons. The number of aliphatic hydroxyl groups is 4. The highest BCUT2D eigenvalue weighted by molar-refractivity contribution is 5.56. The van der Waals surface area contributed by atoms with Crippen LogP contribution in [0.3, 0.4) is 0 Å². The average molecular weight is 162 g/mol. The second kappa shape index (κ2) is 4.07. The van der Waals surface area contributed by atoms with Gasteiger partial charge in [-0.2, -0.15) is 0 Å². The summed E-state index contributed by atoms with van der Waals surface area (Å²) in [6, 6.07) is 0. The molecule has 0 unspecified atom stereocenters. The summed E-state index contributed by atoms with van der Waals surface area (Å²) in [4.78, 5) is 9.84. The number of carbonyl (C=O) groups excluding carboxylic acids is 1. The van der Waals surface area contributed by atoms with E-state index in [0.717, 1.165) is 0 Å². The second-order valence-corrected chi connectivity index (χ2v) is 2.05. The molecule has 0 heterocycles. The van der Waals surface area contributed by atoms with Gasteiger partial charge in [-0.15, -0.1) is 0 Å². The summed E-state index contributed by atoms with van der Waals surface area (Å²) in [7, 11) is 0. The molecular weight excluding hydrogens is 152 g/mol. The molecule has 0 saturated carbocycles. The highest BCUT2D eigenvalue weighted by atomic mass is 16.4. The Bertz CT molecular complexity index is 155. The Labute approximate surface area is 63.2 Å². The third-order valence-electron chi connectivity index (χ3n) is 1.15. The minimum absolute atomic E-state index is 0.0524. The van der Waals surface area contributed by atoms with Gasteiger partial charge in [0.15, 0.2) is 6.29 Å². The van der Waals surface area contributed by atoms with Gasteiger partial charge in [0.1, 0.15) is 24.1 Å². The number of carbonyl (C=O) groups is 1. The van der Waals surface area contributed by atoms with E-state index in [-0.39, 0.29) is 6.29 Å². The van der Waals surface area contributed by atoms with Crippen LogP contribution in [0, 0.1) is 0 Å². The van der Waals surface area contributed by atoms with Crippen molar-refractivity contribution in [2.24, 2.45) is 0 Å². The largest absolute Gasteiger partial charge is 0.510 e. The number of hydrogen-bond donors (Lipinski definition) is 4. The quantitative estimate of drug-likeness (QED) is 0.293. The van der Waals surface area contributed by atoms with Crippen molar-refractivity contribution in [3.8, 4) is 0 Å². The summed E-state index contributed by atoms with van der Waals surface area (Å²) in [6.07, 6.45) is -5.09. The first-order valence-corrected chi connectivity index (χ1v) is 2.88. The van der Waals surface area contributed by atoms with Crippen LogP contribution in [0.5, 0.6) is 0 Å². The van der Waals surface area contributed by atoms with Crippen molar-refractivity contribution in [3.63, 3.8) is 0 Å². The van der Waals surface area contributed by atoms with Gasteiger partial charge in [0, 0.05) is 0 Å². The van der Waals surface area contributed by atoms with Gasteiger partial charge >= 0.3 is 0 Å². The molecule has 3 atom stereocenters. The highest BCUT2D eigenvalue weighted by Crippen LogP contribution is 2.04. The van der Waals surface area contributed by atoms with Gasteiger partial charge in [0.05, 0.1) is 0 Å². The molecular formula is C6H10O5. The van der Waals surface area contributed by atoms with Crippen LogP contribution in [0.15, 0.2) is 12.3 Å². The Morgan fingerprint density at radius 3 is 2.09 bits per heavy atom. The third kappa shape index (κ3) is 2.67. The van der Waals surface area contributed by atoms with Crippen LogP contribution in [0.1, 0.15) is 0 Å².